The summed E-state index contributed by atoms with van der Waals surface area (Å²) in [5, 5.41) is 9.46. The number of carbonyl (C=O) groups excluding carboxylic acids is 1. The molecule has 2 atom stereocenters. The van der Waals surface area contributed by atoms with Gasteiger partial charge in [-0.1, -0.05) is 13.8 Å². The van der Waals surface area contributed by atoms with Gasteiger partial charge in [-0.05, 0) is 49.4 Å². The van der Waals surface area contributed by atoms with Crippen molar-refractivity contribution in [3.8, 4) is 5.75 Å². The van der Waals surface area contributed by atoms with Crippen LogP contribution in [0.1, 0.15) is 33.1 Å². The van der Waals surface area contributed by atoms with Gasteiger partial charge in [0, 0.05) is 6.04 Å². The zero-order valence-corrected chi connectivity index (χ0v) is 15.9. The van der Waals surface area contributed by atoms with Crippen LogP contribution in [-0.2, 0) is 13.9 Å². The molecule has 1 heterocycles. The van der Waals surface area contributed by atoms with Crippen LogP contribution in [0.3, 0.4) is 0 Å². The molecular weight excluding hydrogens is 343 g/mol. The molecule has 0 saturated carbocycles. The second kappa shape index (κ2) is 8.81. The molecule has 1 fully saturated rings. The van der Waals surface area contributed by atoms with Gasteiger partial charge in [-0.2, -0.15) is 0 Å². The molecule has 2 unspecified atom stereocenters. The van der Waals surface area contributed by atoms with E-state index in [2.05, 4.69) is 13.8 Å². The molecule has 1 aromatic carbocycles. The number of carbonyl (C=O) groups is 1. The van der Waals surface area contributed by atoms with Crippen LogP contribution >= 0.6 is 7.52 Å². The molecule has 1 aliphatic heterocycles. The highest BCUT2D eigenvalue weighted by Crippen LogP contribution is 2.53. The summed E-state index contributed by atoms with van der Waals surface area (Å²) in [4.78, 5) is 11.8. The lowest BCUT2D eigenvalue weighted by atomic mass is 10.00. The third-order valence-corrected chi connectivity index (χ3v) is 6.91. The number of benzene rings is 1. The maximum Gasteiger partial charge on any atom is 0.303 e. The van der Waals surface area contributed by atoms with Gasteiger partial charge in [0.05, 0.1) is 25.6 Å². The highest BCUT2D eigenvalue weighted by molar-refractivity contribution is 7.64. The fraction of sp³-hybridized carbons (Fsp3) is 0.588. The molecule has 7 nitrogen and oxygen atoms in total. The maximum atomic E-state index is 13.8. The molecule has 2 rings (SSSR count). The normalized spacial score (nSPS) is 24.8. The molecule has 140 valence electrons. The lowest BCUT2D eigenvalue weighted by Gasteiger charge is -2.35. The number of hydroxylamine groups is 1. The van der Waals surface area contributed by atoms with Crippen molar-refractivity contribution in [2.45, 2.75) is 39.2 Å². The standard InChI is InChI=1S/C17H27N2O5P/c1-13(2)11-14-5-4-10-24-25(22,19(14)12-17(20)18-21)16-8-6-15(23-3)7-9-16/h6-9,13-14,21H,4-5,10-12H2,1-3H3,(H,18,20). The first-order valence-corrected chi connectivity index (χ1v) is 10.1. The first kappa shape index (κ1) is 19.9. The zero-order chi connectivity index (χ0) is 18.4. The van der Waals surface area contributed by atoms with Gasteiger partial charge >= 0.3 is 7.52 Å². The lowest BCUT2D eigenvalue weighted by Crippen LogP contribution is -2.42. The van der Waals surface area contributed by atoms with Gasteiger partial charge in [0.25, 0.3) is 5.91 Å². The molecule has 2 N–H and O–H groups in total. The Morgan fingerprint density at radius 3 is 2.68 bits per heavy atom. The smallest absolute Gasteiger partial charge is 0.303 e. The summed E-state index contributed by atoms with van der Waals surface area (Å²) in [5.74, 6) is 0.434. The van der Waals surface area contributed by atoms with Gasteiger partial charge in [-0.3, -0.25) is 14.6 Å². The van der Waals surface area contributed by atoms with E-state index in [9.17, 15) is 9.36 Å². The zero-order valence-electron chi connectivity index (χ0n) is 15.0. The molecule has 1 amide bonds. The van der Waals surface area contributed by atoms with Crippen molar-refractivity contribution in [1.29, 1.82) is 0 Å². The second-order valence-corrected chi connectivity index (χ2v) is 8.94. The third-order valence-electron chi connectivity index (χ3n) is 4.28. The predicted octanol–water partition coefficient (Wildman–Crippen LogP) is 2.55. The van der Waals surface area contributed by atoms with Crippen molar-refractivity contribution < 1.29 is 23.8 Å². The molecule has 1 saturated heterocycles. The van der Waals surface area contributed by atoms with Gasteiger partial charge in [-0.15, -0.1) is 0 Å². The predicted molar refractivity (Wildman–Crippen MR) is 95.3 cm³/mol. The molecule has 0 radical (unpaired) electrons. The molecule has 25 heavy (non-hydrogen) atoms. The Kier molecular flexibility index (Phi) is 7.02. The van der Waals surface area contributed by atoms with E-state index in [1.807, 2.05) is 0 Å². The molecule has 0 aliphatic carbocycles. The highest BCUT2D eigenvalue weighted by atomic mass is 31.2. The van der Waals surface area contributed by atoms with Crippen molar-refractivity contribution in [1.82, 2.24) is 10.2 Å². The van der Waals surface area contributed by atoms with Gasteiger partial charge in [-0.25, -0.2) is 10.2 Å². The van der Waals surface area contributed by atoms with Crippen molar-refractivity contribution in [3.05, 3.63) is 24.3 Å². The average Bonchev–Trinajstić information content (AvgIpc) is 2.75. The number of hydrogen-bond acceptors (Lipinski definition) is 5. The van der Waals surface area contributed by atoms with E-state index in [0.29, 0.717) is 23.6 Å². The Balaban J connectivity index is 2.43. The number of nitrogens with zero attached hydrogens (tertiary/aromatic N) is 1. The minimum Gasteiger partial charge on any atom is -0.497 e. The summed E-state index contributed by atoms with van der Waals surface area (Å²) in [6.07, 6.45) is 2.36. The Hall–Kier alpha value is -1.40. The van der Waals surface area contributed by atoms with Crippen LogP contribution in [0.2, 0.25) is 0 Å². The van der Waals surface area contributed by atoms with E-state index in [-0.39, 0.29) is 12.6 Å². The summed E-state index contributed by atoms with van der Waals surface area (Å²) in [6.45, 7) is 4.37. The van der Waals surface area contributed by atoms with Crippen molar-refractivity contribution in [2.75, 3.05) is 20.3 Å². The molecule has 0 spiro atoms. The van der Waals surface area contributed by atoms with Gasteiger partial charge in [0.2, 0.25) is 0 Å². The Morgan fingerprint density at radius 2 is 2.12 bits per heavy atom. The van der Waals surface area contributed by atoms with Crippen molar-refractivity contribution >= 4 is 18.7 Å². The summed E-state index contributed by atoms with van der Waals surface area (Å²) in [5.41, 5.74) is 1.64. The molecule has 1 aromatic rings. The lowest BCUT2D eigenvalue weighted by molar-refractivity contribution is -0.129. The van der Waals surface area contributed by atoms with Crippen LogP contribution in [0.25, 0.3) is 0 Å². The van der Waals surface area contributed by atoms with E-state index in [1.165, 1.54) is 0 Å². The Bertz CT molecular complexity index is 620. The van der Waals surface area contributed by atoms with Crippen molar-refractivity contribution in [3.63, 3.8) is 0 Å². The fourth-order valence-electron chi connectivity index (χ4n) is 3.13. The van der Waals surface area contributed by atoms with E-state index >= 15 is 0 Å². The molecule has 0 bridgehead atoms. The summed E-state index contributed by atoms with van der Waals surface area (Å²) >= 11 is 0. The number of rotatable bonds is 6. The number of ether oxygens (including phenoxy) is 1. The summed E-state index contributed by atoms with van der Waals surface area (Å²) in [6, 6.07) is 6.81. The monoisotopic (exact) mass is 370 g/mol. The topological polar surface area (TPSA) is 88.1 Å². The van der Waals surface area contributed by atoms with Crippen LogP contribution < -0.4 is 15.5 Å². The van der Waals surface area contributed by atoms with Gasteiger partial charge in [0.15, 0.2) is 0 Å². The molecular formula is C17H27N2O5P. The number of amides is 1. The van der Waals surface area contributed by atoms with Crippen LogP contribution in [0.15, 0.2) is 24.3 Å². The van der Waals surface area contributed by atoms with E-state index in [1.54, 1.807) is 41.5 Å². The van der Waals surface area contributed by atoms with E-state index in [0.717, 1.165) is 19.3 Å². The SMILES string of the molecule is COc1ccc(P2(=O)OCCCC(CC(C)C)N2CC(=O)NO)cc1. The number of nitrogens with one attached hydrogen (secondary N) is 1. The molecule has 1 aliphatic rings. The summed E-state index contributed by atoms with van der Waals surface area (Å²) in [7, 11) is -1.86. The largest absolute Gasteiger partial charge is 0.497 e. The fourth-order valence-corrected chi connectivity index (χ4v) is 5.58. The summed E-state index contributed by atoms with van der Waals surface area (Å²) < 4.78 is 26.4. The average molecular weight is 370 g/mol. The van der Waals surface area contributed by atoms with Crippen LogP contribution in [0, 0.1) is 5.92 Å². The molecule has 8 heteroatoms. The molecule has 0 aromatic heterocycles. The number of hydrogen-bond donors (Lipinski definition) is 2. The Labute approximate surface area is 148 Å². The number of methoxy groups -OCH3 is 1. The van der Waals surface area contributed by atoms with Gasteiger partial charge in [0.1, 0.15) is 5.75 Å². The van der Waals surface area contributed by atoms with E-state index in [4.69, 9.17) is 14.5 Å². The quantitative estimate of drug-likeness (QED) is 0.455. The van der Waals surface area contributed by atoms with Crippen LogP contribution in [-0.4, -0.2) is 42.1 Å². The highest BCUT2D eigenvalue weighted by Gasteiger charge is 2.41. The second-order valence-electron chi connectivity index (χ2n) is 6.61. The van der Waals surface area contributed by atoms with Gasteiger partial charge < -0.3 is 9.26 Å². The van der Waals surface area contributed by atoms with E-state index < -0.39 is 13.4 Å². The first-order chi connectivity index (χ1) is 11.9. The minimum absolute atomic E-state index is 0.0623. The van der Waals surface area contributed by atoms with Crippen molar-refractivity contribution in [2.24, 2.45) is 5.92 Å². The minimum atomic E-state index is -3.42. The Morgan fingerprint density at radius 1 is 1.44 bits per heavy atom. The first-order valence-electron chi connectivity index (χ1n) is 8.50. The maximum absolute atomic E-state index is 13.8. The van der Waals surface area contributed by atoms with Crippen LogP contribution in [0.4, 0.5) is 0 Å². The third kappa shape index (κ3) is 4.82. The van der Waals surface area contributed by atoms with Crippen LogP contribution in [0.5, 0.6) is 5.75 Å².